The quantitative estimate of drug-likeness (QED) is 0.814. The highest BCUT2D eigenvalue weighted by Gasteiger charge is 2.18. The van der Waals surface area contributed by atoms with E-state index in [2.05, 4.69) is 20.8 Å². The number of benzene rings is 1. The summed E-state index contributed by atoms with van der Waals surface area (Å²) in [6, 6.07) is 3.08. The third kappa shape index (κ3) is 6.98. The van der Waals surface area contributed by atoms with E-state index in [0.29, 0.717) is 19.5 Å². The Morgan fingerprint density at radius 1 is 1.10 bits per heavy atom. The Morgan fingerprint density at radius 3 is 2.14 bits per heavy atom. The topological polar surface area (TPSA) is 43.7 Å². The van der Waals surface area contributed by atoms with Crippen LogP contribution in [0.5, 0.6) is 0 Å². The van der Waals surface area contributed by atoms with Gasteiger partial charge in [0, 0.05) is 25.7 Å². The molecule has 1 unspecified atom stereocenters. The molecule has 0 saturated heterocycles. The summed E-state index contributed by atoms with van der Waals surface area (Å²) in [5, 5.41) is 19.1. The molecule has 0 aliphatic heterocycles. The van der Waals surface area contributed by atoms with Crippen molar-refractivity contribution in [3.05, 3.63) is 35.4 Å². The zero-order valence-electron chi connectivity index (χ0n) is 12.9. The van der Waals surface area contributed by atoms with Gasteiger partial charge >= 0.3 is 0 Å². The van der Waals surface area contributed by atoms with Crippen molar-refractivity contribution in [3.8, 4) is 0 Å². The Morgan fingerprint density at radius 2 is 1.67 bits per heavy atom. The highest BCUT2D eigenvalue weighted by molar-refractivity contribution is 5.20. The summed E-state index contributed by atoms with van der Waals surface area (Å²) in [6.45, 7) is 8.17. The predicted octanol–water partition coefficient (Wildman–Crippen LogP) is 2.73. The van der Waals surface area contributed by atoms with Gasteiger partial charge in [0.05, 0.1) is 12.7 Å². The molecule has 3 nitrogen and oxygen atoms in total. The monoisotopic (exact) mass is 301 g/mol. The molecule has 1 aromatic rings. The number of aliphatic hydroxyl groups is 2. The molecule has 1 aromatic carbocycles. The van der Waals surface area contributed by atoms with Crippen LogP contribution < -0.4 is 0 Å². The summed E-state index contributed by atoms with van der Waals surface area (Å²) < 4.78 is 26.3. The van der Waals surface area contributed by atoms with Crippen LogP contribution in [-0.4, -0.2) is 41.4 Å². The van der Waals surface area contributed by atoms with Gasteiger partial charge in [-0.3, -0.25) is 0 Å². The lowest BCUT2D eigenvalue weighted by atomic mass is 9.95. The van der Waals surface area contributed by atoms with Crippen molar-refractivity contribution in [1.82, 2.24) is 4.90 Å². The minimum absolute atomic E-state index is 0.0424. The lowest BCUT2D eigenvalue weighted by Gasteiger charge is -2.30. The molecule has 0 aliphatic rings. The molecule has 0 aliphatic carbocycles. The molecule has 21 heavy (non-hydrogen) atoms. The average molecular weight is 301 g/mol. The molecule has 0 aromatic heterocycles. The van der Waals surface area contributed by atoms with E-state index in [1.54, 1.807) is 0 Å². The number of halogens is 2. The van der Waals surface area contributed by atoms with Crippen molar-refractivity contribution in [1.29, 1.82) is 0 Å². The third-order valence-corrected chi connectivity index (χ3v) is 3.10. The minimum Gasteiger partial charge on any atom is -0.395 e. The van der Waals surface area contributed by atoms with Crippen molar-refractivity contribution in [2.75, 3.05) is 26.2 Å². The van der Waals surface area contributed by atoms with Gasteiger partial charge < -0.3 is 15.1 Å². The lowest BCUT2D eigenvalue weighted by Crippen LogP contribution is -2.36. The molecule has 0 radical (unpaired) electrons. The first kappa shape index (κ1) is 18.0. The molecule has 0 spiro atoms. The van der Waals surface area contributed by atoms with Crippen LogP contribution in [-0.2, 0) is 0 Å². The van der Waals surface area contributed by atoms with E-state index in [1.807, 2.05) is 4.90 Å². The summed E-state index contributed by atoms with van der Waals surface area (Å²) in [7, 11) is 0. The van der Waals surface area contributed by atoms with E-state index in [0.717, 1.165) is 24.7 Å². The fraction of sp³-hybridized carbons (Fsp3) is 0.625. The highest BCUT2D eigenvalue weighted by atomic mass is 19.1. The standard InChI is InChI=1S/C16H25F2NO2/c1-16(2,3)11-19(6-7-20)5-4-15(21)12-8-13(17)10-14(18)9-12/h8-10,15,20-21H,4-7,11H2,1-3H3. The largest absolute Gasteiger partial charge is 0.395 e. The number of nitrogens with zero attached hydrogens (tertiary/aromatic N) is 1. The molecular formula is C16H25F2NO2. The Balaban J connectivity index is 2.61. The van der Waals surface area contributed by atoms with Gasteiger partial charge in [-0.05, 0) is 29.5 Å². The first-order valence-electron chi connectivity index (χ1n) is 7.18. The van der Waals surface area contributed by atoms with Gasteiger partial charge in [0.1, 0.15) is 11.6 Å². The second-order valence-corrected chi connectivity index (χ2v) is 6.57. The fourth-order valence-corrected chi connectivity index (χ4v) is 2.32. The van der Waals surface area contributed by atoms with Crippen LogP contribution in [0.25, 0.3) is 0 Å². The van der Waals surface area contributed by atoms with Crippen molar-refractivity contribution in [2.45, 2.75) is 33.3 Å². The van der Waals surface area contributed by atoms with E-state index < -0.39 is 17.7 Å². The second-order valence-electron chi connectivity index (χ2n) is 6.57. The SMILES string of the molecule is CC(C)(C)CN(CCO)CCC(O)c1cc(F)cc(F)c1. The number of rotatable bonds is 7. The van der Waals surface area contributed by atoms with Crippen molar-refractivity contribution < 1.29 is 19.0 Å². The van der Waals surface area contributed by atoms with Gasteiger partial charge in [-0.15, -0.1) is 0 Å². The summed E-state index contributed by atoms with van der Waals surface area (Å²) in [6.07, 6.45) is -0.560. The fourth-order valence-electron chi connectivity index (χ4n) is 2.32. The van der Waals surface area contributed by atoms with Gasteiger partial charge in [0.2, 0.25) is 0 Å². The Kier molecular flexibility index (Phi) is 6.71. The van der Waals surface area contributed by atoms with Gasteiger partial charge in [-0.1, -0.05) is 20.8 Å². The molecule has 2 N–H and O–H groups in total. The Labute approximate surface area is 125 Å². The number of hydrogen-bond donors (Lipinski definition) is 2. The van der Waals surface area contributed by atoms with Crippen LogP contribution in [0.3, 0.4) is 0 Å². The number of hydrogen-bond acceptors (Lipinski definition) is 3. The summed E-state index contributed by atoms with van der Waals surface area (Å²) in [4.78, 5) is 2.04. The van der Waals surface area contributed by atoms with Gasteiger partial charge in [-0.2, -0.15) is 0 Å². The molecule has 120 valence electrons. The smallest absolute Gasteiger partial charge is 0.126 e. The first-order chi connectivity index (χ1) is 9.71. The Bertz CT molecular complexity index is 426. The Hall–Kier alpha value is -1.04. The van der Waals surface area contributed by atoms with Crippen LogP contribution in [0.2, 0.25) is 0 Å². The van der Waals surface area contributed by atoms with Gasteiger partial charge in [-0.25, -0.2) is 8.78 Å². The molecule has 0 fully saturated rings. The van der Waals surface area contributed by atoms with E-state index in [1.165, 1.54) is 0 Å². The van der Waals surface area contributed by atoms with Crippen LogP contribution >= 0.6 is 0 Å². The maximum absolute atomic E-state index is 13.1. The van der Waals surface area contributed by atoms with Crippen LogP contribution in [0.15, 0.2) is 18.2 Å². The molecule has 1 atom stereocenters. The van der Waals surface area contributed by atoms with Crippen LogP contribution in [0.1, 0.15) is 38.9 Å². The summed E-state index contributed by atoms with van der Waals surface area (Å²) in [5.74, 6) is -1.38. The molecule has 0 saturated carbocycles. The minimum atomic E-state index is -0.920. The van der Waals surface area contributed by atoms with E-state index >= 15 is 0 Å². The molecule has 5 heteroatoms. The van der Waals surface area contributed by atoms with Crippen LogP contribution in [0.4, 0.5) is 8.78 Å². The predicted molar refractivity (Wildman–Crippen MR) is 78.9 cm³/mol. The zero-order chi connectivity index (χ0) is 16.0. The first-order valence-corrected chi connectivity index (χ1v) is 7.18. The normalized spacial score (nSPS) is 13.7. The summed E-state index contributed by atoms with van der Waals surface area (Å²) in [5.41, 5.74) is 0.317. The molecule has 0 heterocycles. The average Bonchev–Trinajstić information content (AvgIpc) is 2.33. The van der Waals surface area contributed by atoms with E-state index in [9.17, 15) is 13.9 Å². The third-order valence-electron chi connectivity index (χ3n) is 3.10. The zero-order valence-corrected chi connectivity index (χ0v) is 12.9. The van der Waals surface area contributed by atoms with Gasteiger partial charge in [0.15, 0.2) is 0 Å². The van der Waals surface area contributed by atoms with E-state index in [4.69, 9.17) is 5.11 Å². The molecule has 0 bridgehead atoms. The van der Waals surface area contributed by atoms with Crippen LogP contribution in [0, 0.1) is 17.0 Å². The van der Waals surface area contributed by atoms with Crippen molar-refractivity contribution in [2.24, 2.45) is 5.41 Å². The highest BCUT2D eigenvalue weighted by Crippen LogP contribution is 2.21. The molecule has 1 rings (SSSR count). The molecule has 0 amide bonds. The second kappa shape index (κ2) is 7.82. The van der Waals surface area contributed by atoms with Crippen molar-refractivity contribution in [3.63, 3.8) is 0 Å². The lowest BCUT2D eigenvalue weighted by molar-refractivity contribution is 0.111. The van der Waals surface area contributed by atoms with Gasteiger partial charge in [0.25, 0.3) is 0 Å². The summed E-state index contributed by atoms with van der Waals surface area (Å²) >= 11 is 0. The number of aliphatic hydroxyl groups excluding tert-OH is 2. The van der Waals surface area contributed by atoms with E-state index in [-0.39, 0.29) is 17.6 Å². The maximum atomic E-state index is 13.1. The maximum Gasteiger partial charge on any atom is 0.126 e. The van der Waals surface area contributed by atoms with Crippen molar-refractivity contribution >= 4 is 0 Å². The molecular weight excluding hydrogens is 276 g/mol.